The van der Waals surface area contributed by atoms with E-state index < -0.39 is 16.1 Å². The van der Waals surface area contributed by atoms with Gasteiger partial charge in [-0.25, -0.2) is 17.8 Å². The molecule has 24 heavy (non-hydrogen) atoms. The molecule has 1 N–H and O–H groups in total. The predicted octanol–water partition coefficient (Wildman–Crippen LogP) is 2.92. The van der Waals surface area contributed by atoms with Crippen LogP contribution in [0.5, 0.6) is 5.88 Å². The van der Waals surface area contributed by atoms with Gasteiger partial charge in [0.05, 0.1) is 23.2 Å². The Labute approximate surface area is 146 Å². The molecule has 130 valence electrons. The van der Waals surface area contributed by atoms with Crippen molar-refractivity contribution in [1.29, 1.82) is 0 Å². The smallest absolute Gasteiger partial charge is 0.241 e. The topological polar surface area (TPSA) is 73.2 Å². The first kappa shape index (κ1) is 17.3. The van der Waals surface area contributed by atoms with Crippen LogP contribution in [0.25, 0.3) is 0 Å². The summed E-state index contributed by atoms with van der Waals surface area (Å²) in [6.07, 6.45) is 1.64. The fourth-order valence-corrected chi connectivity index (χ4v) is 4.18. The number of hydrogen-bond donors (Lipinski definition) is 1. The molecule has 2 aromatic rings. The molecule has 2 heterocycles. The second-order valence-corrected chi connectivity index (χ2v) is 7.89. The van der Waals surface area contributed by atoms with Crippen LogP contribution in [-0.2, 0) is 23.0 Å². The lowest BCUT2D eigenvalue weighted by molar-refractivity contribution is 0.228. The van der Waals surface area contributed by atoms with Gasteiger partial charge < -0.3 is 4.74 Å². The predicted molar refractivity (Wildman–Crippen MR) is 91.9 cm³/mol. The van der Waals surface area contributed by atoms with Crippen LogP contribution in [0.15, 0.2) is 29.2 Å². The van der Waals surface area contributed by atoms with Crippen molar-refractivity contribution >= 4 is 21.6 Å². The van der Waals surface area contributed by atoms with Gasteiger partial charge in [-0.05, 0) is 37.6 Å². The van der Waals surface area contributed by atoms with Crippen LogP contribution in [0.3, 0.4) is 0 Å². The zero-order chi connectivity index (χ0) is 17.3. The van der Waals surface area contributed by atoms with E-state index in [1.165, 1.54) is 12.1 Å². The Kier molecular flexibility index (Phi) is 4.85. The Morgan fingerprint density at radius 2 is 2.08 bits per heavy atom. The molecule has 1 aliphatic heterocycles. The van der Waals surface area contributed by atoms with Crippen molar-refractivity contribution in [3.8, 4) is 5.88 Å². The van der Waals surface area contributed by atoms with Crippen LogP contribution in [-0.4, -0.2) is 24.8 Å². The normalized spacial score (nSPS) is 15.6. The fourth-order valence-electron chi connectivity index (χ4n) is 2.85. The number of nitrogens with zero attached hydrogens (tertiary/aromatic N) is 2. The second-order valence-electron chi connectivity index (χ2n) is 5.74. The first-order chi connectivity index (χ1) is 11.4. The number of halogens is 1. The maximum absolute atomic E-state index is 12.5. The Bertz CT molecular complexity index is 831. The molecule has 0 aliphatic carbocycles. The van der Waals surface area contributed by atoms with Crippen molar-refractivity contribution in [1.82, 2.24) is 14.5 Å². The number of benzene rings is 1. The van der Waals surface area contributed by atoms with Gasteiger partial charge in [-0.15, -0.1) is 0 Å². The first-order valence-corrected chi connectivity index (χ1v) is 9.78. The Morgan fingerprint density at radius 1 is 1.38 bits per heavy atom. The van der Waals surface area contributed by atoms with E-state index in [4.69, 9.17) is 16.3 Å². The minimum atomic E-state index is -3.65. The van der Waals surface area contributed by atoms with Crippen molar-refractivity contribution in [2.45, 2.75) is 44.2 Å². The first-order valence-electron chi connectivity index (χ1n) is 7.92. The molecule has 1 unspecified atom stereocenters. The minimum absolute atomic E-state index is 0.178. The van der Waals surface area contributed by atoms with Gasteiger partial charge in [-0.1, -0.05) is 18.5 Å². The molecule has 1 aromatic carbocycles. The monoisotopic (exact) mass is 369 g/mol. The summed E-state index contributed by atoms with van der Waals surface area (Å²) in [4.78, 5) is 0.178. The highest BCUT2D eigenvalue weighted by molar-refractivity contribution is 7.89. The molecule has 0 bridgehead atoms. The zero-order valence-corrected chi connectivity index (χ0v) is 15.2. The molecule has 0 amide bonds. The quantitative estimate of drug-likeness (QED) is 0.879. The third kappa shape index (κ3) is 3.29. The molecule has 1 aliphatic rings. The molecule has 0 saturated carbocycles. The highest BCUT2D eigenvalue weighted by Crippen LogP contribution is 2.30. The van der Waals surface area contributed by atoms with E-state index in [-0.39, 0.29) is 4.90 Å². The van der Waals surface area contributed by atoms with Gasteiger partial charge in [0.25, 0.3) is 0 Å². The molecule has 8 heteroatoms. The molecular formula is C16H20ClN3O3S. The molecule has 3 rings (SSSR count). The van der Waals surface area contributed by atoms with Gasteiger partial charge in [0.15, 0.2) is 0 Å². The van der Waals surface area contributed by atoms with Crippen molar-refractivity contribution in [2.75, 3.05) is 6.61 Å². The maximum Gasteiger partial charge on any atom is 0.241 e. The van der Waals surface area contributed by atoms with Crippen LogP contribution >= 0.6 is 11.6 Å². The Morgan fingerprint density at radius 3 is 2.75 bits per heavy atom. The van der Waals surface area contributed by atoms with E-state index in [1.807, 2.05) is 11.6 Å². The Balaban J connectivity index is 1.88. The summed E-state index contributed by atoms with van der Waals surface area (Å²) in [5.74, 6) is 0.760. The molecule has 0 saturated heterocycles. The highest BCUT2D eigenvalue weighted by atomic mass is 35.5. The third-order valence-electron chi connectivity index (χ3n) is 4.00. The van der Waals surface area contributed by atoms with E-state index in [0.717, 1.165) is 30.8 Å². The van der Waals surface area contributed by atoms with Crippen LogP contribution in [0.2, 0.25) is 5.02 Å². The average Bonchev–Trinajstić information content (AvgIpc) is 2.93. The SMILES string of the molecule is CCc1c(C(C)NS(=O)(=O)c2ccc(Cl)cc2)nn2c1OCCC2. The number of aromatic nitrogens is 2. The van der Waals surface area contributed by atoms with E-state index in [0.29, 0.717) is 17.3 Å². The van der Waals surface area contributed by atoms with Crippen molar-refractivity contribution in [3.05, 3.63) is 40.5 Å². The highest BCUT2D eigenvalue weighted by Gasteiger charge is 2.27. The van der Waals surface area contributed by atoms with Gasteiger partial charge in [0.1, 0.15) is 0 Å². The summed E-state index contributed by atoms with van der Waals surface area (Å²) < 4.78 is 35.3. The van der Waals surface area contributed by atoms with Gasteiger partial charge in [-0.3, -0.25) is 0 Å². The summed E-state index contributed by atoms with van der Waals surface area (Å²) in [6.45, 7) is 5.27. The summed E-state index contributed by atoms with van der Waals surface area (Å²) in [5, 5.41) is 5.05. The van der Waals surface area contributed by atoms with Crippen molar-refractivity contribution in [2.24, 2.45) is 0 Å². The van der Waals surface area contributed by atoms with E-state index in [9.17, 15) is 8.42 Å². The number of fused-ring (bicyclic) bond motifs is 1. The number of ether oxygens (including phenoxy) is 1. The van der Waals surface area contributed by atoms with Gasteiger partial charge in [-0.2, -0.15) is 5.10 Å². The van der Waals surface area contributed by atoms with E-state index in [2.05, 4.69) is 9.82 Å². The van der Waals surface area contributed by atoms with Crippen LogP contribution in [0, 0.1) is 0 Å². The summed E-state index contributed by atoms with van der Waals surface area (Å²) in [6, 6.07) is 5.63. The molecule has 6 nitrogen and oxygen atoms in total. The number of nitrogens with one attached hydrogen (secondary N) is 1. The molecule has 1 atom stereocenters. The van der Waals surface area contributed by atoms with Crippen molar-refractivity contribution in [3.63, 3.8) is 0 Å². The number of rotatable bonds is 5. The molecular weight excluding hydrogens is 350 g/mol. The van der Waals surface area contributed by atoms with Gasteiger partial charge >= 0.3 is 0 Å². The van der Waals surface area contributed by atoms with Crippen LogP contribution in [0.1, 0.15) is 37.6 Å². The number of sulfonamides is 1. The second kappa shape index (κ2) is 6.74. The molecule has 0 fully saturated rings. The third-order valence-corrected chi connectivity index (χ3v) is 5.81. The maximum atomic E-state index is 12.5. The number of aryl methyl sites for hydroxylation is 1. The summed E-state index contributed by atoms with van der Waals surface area (Å²) in [5.41, 5.74) is 1.67. The average molecular weight is 370 g/mol. The van der Waals surface area contributed by atoms with Gasteiger partial charge in [0, 0.05) is 23.6 Å². The van der Waals surface area contributed by atoms with Crippen LogP contribution in [0.4, 0.5) is 0 Å². The molecule has 1 aromatic heterocycles. The van der Waals surface area contributed by atoms with Gasteiger partial charge in [0.2, 0.25) is 15.9 Å². The van der Waals surface area contributed by atoms with E-state index in [1.54, 1.807) is 19.1 Å². The van der Waals surface area contributed by atoms with Crippen molar-refractivity contribution < 1.29 is 13.2 Å². The summed E-state index contributed by atoms with van der Waals surface area (Å²) >= 11 is 5.82. The summed E-state index contributed by atoms with van der Waals surface area (Å²) in [7, 11) is -3.65. The Hall–Kier alpha value is -1.57. The van der Waals surface area contributed by atoms with E-state index >= 15 is 0 Å². The molecule has 0 radical (unpaired) electrons. The minimum Gasteiger partial charge on any atom is -0.478 e. The fraction of sp³-hybridized carbons (Fsp3) is 0.438. The standard InChI is InChI=1S/C16H20ClN3O3S/c1-3-14-15(18-20-9-4-10-23-16(14)20)11(2)19-24(21,22)13-7-5-12(17)6-8-13/h5-8,11,19H,3-4,9-10H2,1-2H3. The van der Waals surface area contributed by atoms with Crippen LogP contribution < -0.4 is 9.46 Å². The number of hydrogen-bond acceptors (Lipinski definition) is 4. The lowest BCUT2D eigenvalue weighted by Gasteiger charge is -2.15. The zero-order valence-electron chi connectivity index (χ0n) is 13.6. The molecule has 0 spiro atoms. The lowest BCUT2D eigenvalue weighted by Crippen LogP contribution is -2.27. The lowest BCUT2D eigenvalue weighted by atomic mass is 10.1. The largest absolute Gasteiger partial charge is 0.478 e.